The zero-order valence-electron chi connectivity index (χ0n) is 10.2. The monoisotopic (exact) mass is 254 g/mol. The molecule has 0 aliphatic carbocycles. The molecule has 1 saturated heterocycles. The lowest BCUT2D eigenvalue weighted by atomic mass is 10.2. The lowest BCUT2D eigenvalue weighted by molar-refractivity contribution is 0.310. The van der Waals surface area contributed by atoms with E-state index in [0.717, 1.165) is 5.56 Å². The number of rotatable bonds is 2. The number of nitrogens with zero attached hydrogens (tertiary/aromatic N) is 1. The fraction of sp³-hybridized carbons (Fsp3) is 0.500. The van der Waals surface area contributed by atoms with E-state index in [1.54, 1.807) is 16.4 Å². The SMILES string of the molecule is Cc1ccc(S(=O)(=O)N2CCNC(C)C2)cc1. The maximum atomic E-state index is 12.3. The molecule has 0 bridgehead atoms. The molecule has 94 valence electrons. The second kappa shape index (κ2) is 4.76. The van der Waals surface area contributed by atoms with Crippen molar-refractivity contribution in [3.63, 3.8) is 0 Å². The van der Waals surface area contributed by atoms with Crippen molar-refractivity contribution in [3.05, 3.63) is 29.8 Å². The van der Waals surface area contributed by atoms with Gasteiger partial charge in [-0.15, -0.1) is 0 Å². The summed E-state index contributed by atoms with van der Waals surface area (Å²) in [6.45, 7) is 5.74. The molecule has 4 nitrogen and oxygen atoms in total. The van der Waals surface area contributed by atoms with Crippen LogP contribution in [-0.2, 0) is 10.0 Å². The Kier molecular flexibility index (Phi) is 3.51. The summed E-state index contributed by atoms with van der Waals surface area (Å²) in [4.78, 5) is 0.386. The van der Waals surface area contributed by atoms with Crippen molar-refractivity contribution < 1.29 is 8.42 Å². The first-order valence-corrected chi connectivity index (χ1v) is 7.24. The summed E-state index contributed by atoms with van der Waals surface area (Å²) in [6, 6.07) is 7.23. The van der Waals surface area contributed by atoms with Crippen molar-refractivity contribution in [3.8, 4) is 0 Å². The third kappa shape index (κ3) is 2.68. The molecular formula is C12H18N2O2S. The Morgan fingerprint density at radius 1 is 1.29 bits per heavy atom. The van der Waals surface area contributed by atoms with Crippen molar-refractivity contribution in [1.82, 2.24) is 9.62 Å². The summed E-state index contributed by atoms with van der Waals surface area (Å²) < 4.78 is 26.2. The smallest absolute Gasteiger partial charge is 0.243 e. The minimum Gasteiger partial charge on any atom is -0.312 e. The maximum absolute atomic E-state index is 12.3. The molecule has 1 aliphatic rings. The number of aryl methyl sites for hydroxylation is 1. The van der Waals surface area contributed by atoms with Gasteiger partial charge in [-0.05, 0) is 26.0 Å². The minimum absolute atomic E-state index is 0.212. The van der Waals surface area contributed by atoms with E-state index in [4.69, 9.17) is 0 Å². The van der Waals surface area contributed by atoms with E-state index in [1.165, 1.54) is 0 Å². The van der Waals surface area contributed by atoms with Crippen LogP contribution in [0, 0.1) is 6.92 Å². The molecule has 1 unspecified atom stereocenters. The largest absolute Gasteiger partial charge is 0.312 e. The van der Waals surface area contributed by atoms with E-state index in [-0.39, 0.29) is 6.04 Å². The highest BCUT2D eigenvalue weighted by Gasteiger charge is 2.28. The molecule has 0 saturated carbocycles. The van der Waals surface area contributed by atoms with Gasteiger partial charge in [-0.25, -0.2) is 8.42 Å². The molecule has 0 radical (unpaired) electrons. The number of benzene rings is 1. The summed E-state index contributed by atoms with van der Waals surface area (Å²) in [5, 5.41) is 3.24. The number of nitrogens with one attached hydrogen (secondary N) is 1. The van der Waals surface area contributed by atoms with Gasteiger partial charge in [-0.3, -0.25) is 0 Å². The summed E-state index contributed by atoms with van der Waals surface area (Å²) in [7, 11) is -3.32. The summed E-state index contributed by atoms with van der Waals surface area (Å²) >= 11 is 0. The number of sulfonamides is 1. The molecule has 0 amide bonds. The Morgan fingerprint density at radius 2 is 1.94 bits per heavy atom. The van der Waals surface area contributed by atoms with E-state index >= 15 is 0 Å². The summed E-state index contributed by atoms with van der Waals surface area (Å²) in [6.07, 6.45) is 0. The molecular weight excluding hydrogens is 236 g/mol. The van der Waals surface area contributed by atoms with E-state index in [2.05, 4.69) is 5.32 Å². The standard InChI is InChI=1S/C12H18N2O2S/c1-10-3-5-12(6-4-10)17(15,16)14-8-7-13-11(2)9-14/h3-6,11,13H,7-9H2,1-2H3. The molecule has 0 spiro atoms. The first kappa shape index (κ1) is 12.5. The predicted molar refractivity (Wildman–Crippen MR) is 67.4 cm³/mol. The lowest BCUT2D eigenvalue weighted by Gasteiger charge is -2.31. The van der Waals surface area contributed by atoms with E-state index in [9.17, 15) is 8.42 Å². The molecule has 2 rings (SSSR count). The normalized spacial score (nSPS) is 22.6. The van der Waals surface area contributed by atoms with Crippen molar-refractivity contribution in [2.45, 2.75) is 24.8 Å². The molecule has 0 aromatic heterocycles. The summed E-state index contributed by atoms with van der Waals surface area (Å²) in [5.41, 5.74) is 1.07. The molecule has 1 aromatic rings. The minimum atomic E-state index is -3.32. The molecule has 1 aliphatic heterocycles. The van der Waals surface area contributed by atoms with E-state index in [0.29, 0.717) is 24.5 Å². The first-order chi connectivity index (χ1) is 8.00. The highest BCUT2D eigenvalue weighted by atomic mass is 32.2. The third-order valence-electron chi connectivity index (χ3n) is 2.99. The zero-order valence-corrected chi connectivity index (χ0v) is 11.0. The quantitative estimate of drug-likeness (QED) is 0.856. The number of piperazine rings is 1. The van der Waals surface area contributed by atoms with E-state index < -0.39 is 10.0 Å². The first-order valence-electron chi connectivity index (χ1n) is 5.80. The van der Waals surface area contributed by atoms with Gasteiger partial charge in [0.05, 0.1) is 4.90 Å². The van der Waals surface area contributed by atoms with Gasteiger partial charge >= 0.3 is 0 Å². The number of hydrogen-bond donors (Lipinski definition) is 1. The van der Waals surface area contributed by atoms with Crippen molar-refractivity contribution in [2.24, 2.45) is 0 Å². The maximum Gasteiger partial charge on any atom is 0.243 e. The van der Waals surface area contributed by atoms with Crippen molar-refractivity contribution >= 4 is 10.0 Å². The third-order valence-corrected chi connectivity index (χ3v) is 4.87. The van der Waals surface area contributed by atoms with Crippen LogP contribution in [0.1, 0.15) is 12.5 Å². The van der Waals surface area contributed by atoms with Crippen LogP contribution in [0.15, 0.2) is 29.2 Å². The summed E-state index contributed by atoms with van der Waals surface area (Å²) in [5.74, 6) is 0. The van der Waals surface area contributed by atoms with Crippen LogP contribution in [0.3, 0.4) is 0 Å². The Hall–Kier alpha value is -0.910. The lowest BCUT2D eigenvalue weighted by Crippen LogP contribution is -2.51. The van der Waals surface area contributed by atoms with Crippen LogP contribution in [-0.4, -0.2) is 38.4 Å². The molecule has 1 atom stereocenters. The van der Waals surface area contributed by atoms with Gasteiger partial charge in [-0.1, -0.05) is 17.7 Å². The van der Waals surface area contributed by atoms with Gasteiger partial charge in [0.25, 0.3) is 0 Å². The van der Waals surface area contributed by atoms with Crippen LogP contribution in [0.25, 0.3) is 0 Å². The Morgan fingerprint density at radius 3 is 2.53 bits per heavy atom. The van der Waals surface area contributed by atoms with Gasteiger partial charge in [0.2, 0.25) is 10.0 Å². The molecule has 1 N–H and O–H groups in total. The van der Waals surface area contributed by atoms with Gasteiger partial charge in [0, 0.05) is 25.7 Å². The van der Waals surface area contributed by atoms with Crippen LogP contribution >= 0.6 is 0 Å². The van der Waals surface area contributed by atoms with Crippen LogP contribution in [0.2, 0.25) is 0 Å². The average Bonchev–Trinajstić information content (AvgIpc) is 2.29. The second-order valence-corrected chi connectivity index (χ2v) is 6.47. The van der Waals surface area contributed by atoms with Gasteiger partial charge in [-0.2, -0.15) is 4.31 Å². The molecule has 1 heterocycles. The topological polar surface area (TPSA) is 49.4 Å². The Bertz CT molecular complexity index is 482. The van der Waals surface area contributed by atoms with Crippen LogP contribution in [0.4, 0.5) is 0 Å². The molecule has 1 fully saturated rings. The fourth-order valence-electron chi connectivity index (χ4n) is 1.97. The van der Waals surface area contributed by atoms with Gasteiger partial charge in [0.15, 0.2) is 0 Å². The predicted octanol–water partition coefficient (Wildman–Crippen LogP) is 0.977. The average molecular weight is 254 g/mol. The van der Waals surface area contributed by atoms with Gasteiger partial charge in [0.1, 0.15) is 0 Å². The van der Waals surface area contributed by atoms with Gasteiger partial charge < -0.3 is 5.32 Å². The molecule has 5 heteroatoms. The molecule has 1 aromatic carbocycles. The highest BCUT2D eigenvalue weighted by Crippen LogP contribution is 2.17. The Labute approximate surface area is 103 Å². The van der Waals surface area contributed by atoms with Crippen molar-refractivity contribution in [1.29, 1.82) is 0 Å². The van der Waals surface area contributed by atoms with Crippen molar-refractivity contribution in [2.75, 3.05) is 19.6 Å². The van der Waals surface area contributed by atoms with E-state index in [1.807, 2.05) is 26.0 Å². The van der Waals surface area contributed by atoms with Crippen LogP contribution in [0.5, 0.6) is 0 Å². The fourth-order valence-corrected chi connectivity index (χ4v) is 3.50. The highest BCUT2D eigenvalue weighted by molar-refractivity contribution is 7.89. The second-order valence-electron chi connectivity index (χ2n) is 4.53. The zero-order chi connectivity index (χ0) is 12.5. The van der Waals surface area contributed by atoms with Crippen LogP contribution < -0.4 is 5.32 Å². The Balaban J connectivity index is 2.26. The molecule has 17 heavy (non-hydrogen) atoms. The number of hydrogen-bond acceptors (Lipinski definition) is 3.